The van der Waals surface area contributed by atoms with Gasteiger partial charge in [-0.25, -0.2) is 19.2 Å². The van der Waals surface area contributed by atoms with E-state index >= 15 is 0 Å². The van der Waals surface area contributed by atoms with Crippen molar-refractivity contribution in [2.24, 2.45) is 5.41 Å². The zero-order valence-electron chi connectivity index (χ0n) is 17.2. The number of amides is 1. The zero-order valence-corrected chi connectivity index (χ0v) is 18.8. The zero-order chi connectivity index (χ0) is 21.5. The molecule has 7 nitrogen and oxygen atoms in total. The topological polar surface area (TPSA) is 67.8 Å². The Morgan fingerprint density at radius 1 is 1.23 bits per heavy atom. The summed E-state index contributed by atoms with van der Waals surface area (Å²) in [5.41, 5.74) is -0.459. The SMILES string of the molecule is CC(C)(C)OC(=O)N1CC2(CCN(c3ncncc3Oc3ccc(F)cc3Br)C2)C1. The largest absolute Gasteiger partial charge is 0.451 e. The van der Waals surface area contributed by atoms with Gasteiger partial charge in [0.05, 0.1) is 10.7 Å². The number of anilines is 1. The summed E-state index contributed by atoms with van der Waals surface area (Å²) in [5, 5.41) is 0. The molecule has 160 valence electrons. The third-order valence-corrected chi connectivity index (χ3v) is 5.83. The Morgan fingerprint density at radius 2 is 2.00 bits per heavy atom. The van der Waals surface area contributed by atoms with Gasteiger partial charge in [-0.05, 0) is 61.3 Å². The molecule has 0 atom stereocenters. The van der Waals surface area contributed by atoms with E-state index in [1.807, 2.05) is 20.8 Å². The van der Waals surface area contributed by atoms with Crippen LogP contribution < -0.4 is 9.64 Å². The standard InChI is InChI=1S/C21H24BrFN4O3/c1-20(2,3)30-19(28)27-11-21(12-27)6-7-26(10-21)18-17(9-24-13-25-18)29-16-5-4-14(23)8-15(16)22/h4-5,8-9,13H,6-7,10-12H2,1-3H3. The number of benzene rings is 1. The first-order valence-electron chi connectivity index (χ1n) is 9.80. The van der Waals surface area contributed by atoms with E-state index < -0.39 is 5.60 Å². The summed E-state index contributed by atoms with van der Waals surface area (Å²) in [5.74, 6) is 1.33. The molecule has 1 aromatic carbocycles. The van der Waals surface area contributed by atoms with Crippen LogP contribution in [0.1, 0.15) is 27.2 Å². The van der Waals surface area contributed by atoms with Gasteiger partial charge in [-0.15, -0.1) is 0 Å². The quantitative estimate of drug-likeness (QED) is 0.640. The number of halogens is 2. The average molecular weight is 479 g/mol. The summed E-state index contributed by atoms with van der Waals surface area (Å²) in [7, 11) is 0. The van der Waals surface area contributed by atoms with Crippen LogP contribution in [0.5, 0.6) is 11.5 Å². The van der Waals surface area contributed by atoms with Crippen molar-refractivity contribution < 1.29 is 18.7 Å². The second-order valence-electron chi connectivity index (χ2n) is 8.90. The second kappa shape index (κ2) is 7.68. The number of aromatic nitrogens is 2. The minimum absolute atomic E-state index is 0.0373. The molecular weight excluding hydrogens is 455 g/mol. The lowest BCUT2D eigenvalue weighted by Gasteiger charge is -2.47. The molecule has 30 heavy (non-hydrogen) atoms. The Labute approximate surface area is 183 Å². The maximum atomic E-state index is 13.4. The lowest BCUT2D eigenvalue weighted by atomic mass is 9.79. The predicted molar refractivity (Wildman–Crippen MR) is 113 cm³/mol. The molecule has 0 N–H and O–H groups in total. The maximum Gasteiger partial charge on any atom is 0.410 e. The smallest absolute Gasteiger partial charge is 0.410 e. The van der Waals surface area contributed by atoms with Gasteiger partial charge in [-0.2, -0.15) is 0 Å². The Morgan fingerprint density at radius 3 is 2.70 bits per heavy atom. The molecule has 2 fully saturated rings. The van der Waals surface area contributed by atoms with Crippen molar-refractivity contribution in [2.75, 3.05) is 31.1 Å². The fourth-order valence-electron chi connectivity index (χ4n) is 3.89. The third kappa shape index (κ3) is 4.35. The number of nitrogens with zero attached hydrogens (tertiary/aromatic N) is 4. The summed E-state index contributed by atoms with van der Waals surface area (Å²) in [6.07, 6.45) is 3.78. The molecule has 9 heteroatoms. The average Bonchev–Trinajstić information content (AvgIpc) is 3.07. The molecule has 1 amide bonds. The summed E-state index contributed by atoms with van der Waals surface area (Å²) in [4.78, 5) is 24.7. The van der Waals surface area contributed by atoms with E-state index in [0.29, 0.717) is 34.9 Å². The van der Waals surface area contributed by atoms with Crippen LogP contribution in [-0.2, 0) is 4.74 Å². The Kier molecular flexibility index (Phi) is 5.34. The summed E-state index contributed by atoms with van der Waals surface area (Å²) >= 11 is 3.32. The minimum Gasteiger partial charge on any atom is -0.451 e. The van der Waals surface area contributed by atoms with Crippen molar-refractivity contribution in [3.05, 3.63) is 41.0 Å². The molecule has 0 aliphatic carbocycles. The van der Waals surface area contributed by atoms with Gasteiger partial charge < -0.3 is 19.3 Å². The summed E-state index contributed by atoms with van der Waals surface area (Å²) in [6.45, 7) is 8.52. The number of carbonyl (C=O) groups excluding carboxylic acids is 1. The van der Waals surface area contributed by atoms with Gasteiger partial charge in [0.1, 0.15) is 23.5 Å². The van der Waals surface area contributed by atoms with Crippen LogP contribution in [-0.4, -0.2) is 52.7 Å². The molecule has 1 aromatic heterocycles. The molecule has 2 aliphatic heterocycles. The number of carbonyl (C=O) groups is 1. The highest BCUT2D eigenvalue weighted by molar-refractivity contribution is 9.10. The molecule has 1 spiro atoms. The van der Waals surface area contributed by atoms with E-state index in [1.54, 1.807) is 17.2 Å². The van der Waals surface area contributed by atoms with Gasteiger partial charge >= 0.3 is 6.09 Å². The Balaban J connectivity index is 1.44. The molecule has 2 aliphatic rings. The number of likely N-dealkylation sites (tertiary alicyclic amines) is 1. The first-order valence-corrected chi connectivity index (χ1v) is 10.6. The number of ether oxygens (including phenoxy) is 2. The molecule has 0 radical (unpaired) electrons. The highest BCUT2D eigenvalue weighted by atomic mass is 79.9. The van der Waals surface area contributed by atoms with E-state index in [4.69, 9.17) is 9.47 Å². The van der Waals surface area contributed by atoms with Crippen molar-refractivity contribution in [1.29, 1.82) is 0 Å². The second-order valence-corrected chi connectivity index (χ2v) is 9.75. The molecule has 2 aromatic rings. The fraction of sp³-hybridized carbons (Fsp3) is 0.476. The lowest BCUT2D eigenvalue weighted by Crippen LogP contribution is -2.60. The molecule has 0 unspecified atom stereocenters. The van der Waals surface area contributed by atoms with E-state index in [1.165, 1.54) is 18.5 Å². The summed E-state index contributed by atoms with van der Waals surface area (Å²) < 4.78 is 25.3. The van der Waals surface area contributed by atoms with Gasteiger partial charge in [0.2, 0.25) is 0 Å². The molecule has 0 saturated carbocycles. The molecule has 2 saturated heterocycles. The van der Waals surface area contributed by atoms with Crippen LogP contribution in [0.2, 0.25) is 0 Å². The van der Waals surface area contributed by atoms with Gasteiger partial charge in [0.15, 0.2) is 11.6 Å². The van der Waals surface area contributed by atoms with Gasteiger partial charge in [-0.3, -0.25) is 0 Å². The Bertz CT molecular complexity index is 960. The third-order valence-electron chi connectivity index (χ3n) is 5.21. The monoisotopic (exact) mass is 478 g/mol. The molecule has 0 bridgehead atoms. The normalized spacial score (nSPS) is 17.8. The van der Waals surface area contributed by atoms with Crippen molar-refractivity contribution in [3.8, 4) is 11.5 Å². The predicted octanol–water partition coefficient (Wildman–Crippen LogP) is 4.62. The van der Waals surface area contributed by atoms with Crippen LogP contribution in [0.25, 0.3) is 0 Å². The van der Waals surface area contributed by atoms with Gasteiger partial charge in [0.25, 0.3) is 0 Å². The summed E-state index contributed by atoms with van der Waals surface area (Å²) in [6, 6.07) is 4.25. The fourth-order valence-corrected chi connectivity index (χ4v) is 4.32. The van der Waals surface area contributed by atoms with E-state index in [9.17, 15) is 9.18 Å². The Hall–Kier alpha value is -2.42. The van der Waals surface area contributed by atoms with E-state index in [-0.39, 0.29) is 17.3 Å². The first kappa shape index (κ1) is 20.8. The highest BCUT2D eigenvalue weighted by Crippen LogP contribution is 2.43. The van der Waals surface area contributed by atoms with Crippen molar-refractivity contribution >= 4 is 27.8 Å². The molecule has 3 heterocycles. The number of rotatable bonds is 3. The lowest BCUT2D eigenvalue weighted by molar-refractivity contribution is -0.0266. The van der Waals surface area contributed by atoms with Crippen LogP contribution in [0, 0.1) is 11.2 Å². The molecular formula is C21H24BrFN4O3. The van der Waals surface area contributed by atoms with Crippen molar-refractivity contribution in [3.63, 3.8) is 0 Å². The van der Waals surface area contributed by atoms with Crippen molar-refractivity contribution in [2.45, 2.75) is 32.8 Å². The minimum atomic E-state index is -0.497. The van der Waals surface area contributed by atoms with E-state index in [2.05, 4.69) is 30.8 Å². The van der Waals surface area contributed by atoms with Crippen molar-refractivity contribution in [1.82, 2.24) is 14.9 Å². The number of hydrogen-bond donors (Lipinski definition) is 0. The first-order chi connectivity index (χ1) is 14.1. The number of hydrogen-bond acceptors (Lipinski definition) is 6. The van der Waals surface area contributed by atoms with E-state index in [0.717, 1.165) is 19.5 Å². The highest BCUT2D eigenvalue weighted by Gasteiger charge is 2.50. The van der Waals surface area contributed by atoms with Crippen LogP contribution >= 0.6 is 15.9 Å². The van der Waals surface area contributed by atoms with Crippen LogP contribution in [0.3, 0.4) is 0 Å². The molecule has 4 rings (SSSR count). The maximum absolute atomic E-state index is 13.4. The van der Waals surface area contributed by atoms with Gasteiger partial charge in [-0.1, -0.05) is 0 Å². The van der Waals surface area contributed by atoms with Gasteiger partial charge in [0, 0.05) is 31.6 Å². The van der Waals surface area contributed by atoms with Crippen LogP contribution in [0.4, 0.5) is 15.0 Å². The van der Waals surface area contributed by atoms with Crippen LogP contribution in [0.15, 0.2) is 35.2 Å².